The smallest absolute Gasteiger partial charge is 0.162 e. The fraction of sp³-hybridized carbons (Fsp3) is 0.739. The molecule has 0 bridgehead atoms. The molecule has 1 nitrogen and oxygen atoms in total. The van der Waals surface area contributed by atoms with Crippen LogP contribution in [-0.2, 0) is 0 Å². The number of halogens is 2. The van der Waals surface area contributed by atoms with E-state index in [0.717, 1.165) is 38.5 Å². The Balaban J connectivity index is 1.89. The van der Waals surface area contributed by atoms with Gasteiger partial charge in [0.25, 0.3) is 0 Å². The maximum atomic E-state index is 15.1. The molecule has 146 valence electrons. The molecular formula is C23H35F2N. The second-order valence-corrected chi connectivity index (χ2v) is 10.1. The quantitative estimate of drug-likeness (QED) is 0.570. The summed E-state index contributed by atoms with van der Waals surface area (Å²) >= 11 is 0. The molecular weight excluding hydrogens is 328 g/mol. The van der Waals surface area contributed by atoms with Crippen molar-refractivity contribution in [2.75, 3.05) is 7.05 Å². The fourth-order valence-electron chi connectivity index (χ4n) is 5.37. The van der Waals surface area contributed by atoms with Crippen LogP contribution in [0.1, 0.15) is 96.1 Å². The van der Waals surface area contributed by atoms with Crippen LogP contribution in [0.4, 0.5) is 8.78 Å². The number of hydrogen-bond donors (Lipinski definition) is 0. The van der Waals surface area contributed by atoms with Gasteiger partial charge in [0.1, 0.15) is 0 Å². The molecule has 1 heterocycles. The molecule has 0 amide bonds. The first-order valence-electron chi connectivity index (χ1n) is 10.2. The van der Waals surface area contributed by atoms with Gasteiger partial charge in [-0.05, 0) is 89.3 Å². The molecule has 1 aliphatic heterocycles. The van der Waals surface area contributed by atoms with E-state index in [1.807, 2.05) is 12.1 Å². The van der Waals surface area contributed by atoms with Crippen molar-refractivity contribution in [1.82, 2.24) is 4.90 Å². The van der Waals surface area contributed by atoms with Gasteiger partial charge in [0.15, 0.2) is 11.6 Å². The Labute approximate surface area is 158 Å². The summed E-state index contributed by atoms with van der Waals surface area (Å²) in [5, 5.41) is 0. The van der Waals surface area contributed by atoms with Gasteiger partial charge in [0, 0.05) is 11.1 Å². The third-order valence-corrected chi connectivity index (χ3v) is 7.35. The first-order valence-corrected chi connectivity index (χ1v) is 10.2. The highest BCUT2D eigenvalue weighted by Gasteiger charge is 2.44. The molecule has 0 aromatic heterocycles. The normalized spacial score (nSPS) is 29.7. The summed E-state index contributed by atoms with van der Waals surface area (Å²) < 4.78 is 30.1. The predicted molar refractivity (Wildman–Crippen MR) is 105 cm³/mol. The molecule has 2 fully saturated rings. The number of rotatable bonds is 2. The third-order valence-electron chi connectivity index (χ3n) is 7.35. The second kappa shape index (κ2) is 6.89. The Bertz CT molecular complexity index is 638. The van der Waals surface area contributed by atoms with E-state index in [0.29, 0.717) is 17.0 Å². The molecule has 3 heteroatoms. The second-order valence-electron chi connectivity index (χ2n) is 10.1. The van der Waals surface area contributed by atoms with E-state index in [9.17, 15) is 4.39 Å². The highest BCUT2D eigenvalue weighted by molar-refractivity contribution is 5.32. The zero-order valence-corrected chi connectivity index (χ0v) is 17.3. The Morgan fingerprint density at radius 3 is 1.69 bits per heavy atom. The maximum absolute atomic E-state index is 15.1. The zero-order valence-electron chi connectivity index (χ0n) is 17.3. The molecule has 0 N–H and O–H groups in total. The topological polar surface area (TPSA) is 3.24 Å². The molecule has 0 radical (unpaired) electrons. The third kappa shape index (κ3) is 3.56. The lowest BCUT2D eigenvalue weighted by atomic mass is 9.71. The molecule has 1 saturated heterocycles. The minimum absolute atomic E-state index is 0.0342. The van der Waals surface area contributed by atoms with Crippen molar-refractivity contribution in [1.29, 1.82) is 0 Å². The Hall–Kier alpha value is -0.960. The summed E-state index contributed by atoms with van der Waals surface area (Å²) in [5.41, 5.74) is 1.11. The summed E-state index contributed by atoms with van der Waals surface area (Å²) in [5.74, 6) is -0.229. The molecule has 1 aromatic rings. The van der Waals surface area contributed by atoms with Crippen LogP contribution in [0.3, 0.4) is 0 Å². The van der Waals surface area contributed by atoms with Gasteiger partial charge in [-0.3, -0.25) is 4.90 Å². The van der Waals surface area contributed by atoms with Crippen molar-refractivity contribution < 1.29 is 8.78 Å². The van der Waals surface area contributed by atoms with Crippen molar-refractivity contribution >= 4 is 0 Å². The van der Waals surface area contributed by atoms with E-state index in [4.69, 9.17) is 0 Å². The van der Waals surface area contributed by atoms with Gasteiger partial charge < -0.3 is 0 Å². The van der Waals surface area contributed by atoms with Gasteiger partial charge in [-0.15, -0.1) is 0 Å². The lowest BCUT2D eigenvalue weighted by Crippen LogP contribution is -2.58. The SMILES string of the molecule is CC1CCC(c2ccc(C3CC(C)(C)N(C)C(C)(C)C3)c(F)c2F)CC1. The Morgan fingerprint density at radius 2 is 1.23 bits per heavy atom. The number of likely N-dealkylation sites (tertiary alicyclic amines) is 1. The van der Waals surface area contributed by atoms with Crippen LogP contribution in [0.25, 0.3) is 0 Å². The van der Waals surface area contributed by atoms with Gasteiger partial charge in [0.2, 0.25) is 0 Å². The average Bonchev–Trinajstić information content (AvgIpc) is 2.55. The maximum Gasteiger partial charge on any atom is 0.162 e. The van der Waals surface area contributed by atoms with Gasteiger partial charge in [-0.25, -0.2) is 8.78 Å². The molecule has 1 aromatic carbocycles. The van der Waals surface area contributed by atoms with Crippen LogP contribution >= 0.6 is 0 Å². The highest BCUT2D eigenvalue weighted by atomic mass is 19.2. The van der Waals surface area contributed by atoms with E-state index < -0.39 is 11.6 Å². The molecule has 1 saturated carbocycles. The van der Waals surface area contributed by atoms with Crippen LogP contribution in [0.2, 0.25) is 0 Å². The summed E-state index contributed by atoms with van der Waals surface area (Å²) in [7, 11) is 2.14. The molecule has 26 heavy (non-hydrogen) atoms. The minimum atomic E-state index is -0.595. The van der Waals surface area contributed by atoms with Crippen molar-refractivity contribution in [2.45, 2.75) is 96.1 Å². The fourth-order valence-corrected chi connectivity index (χ4v) is 5.37. The van der Waals surface area contributed by atoms with E-state index in [1.54, 1.807) is 0 Å². The minimum Gasteiger partial charge on any atom is -0.296 e. The summed E-state index contributed by atoms with van der Waals surface area (Å²) in [6.45, 7) is 11.1. The summed E-state index contributed by atoms with van der Waals surface area (Å²) in [4.78, 5) is 2.38. The average molecular weight is 364 g/mol. The summed E-state index contributed by atoms with van der Waals surface area (Å²) in [6.07, 6.45) is 5.89. The number of nitrogens with zero attached hydrogens (tertiary/aromatic N) is 1. The van der Waals surface area contributed by atoms with Crippen LogP contribution < -0.4 is 0 Å². The van der Waals surface area contributed by atoms with Crippen LogP contribution in [0, 0.1) is 17.6 Å². The molecule has 3 rings (SSSR count). The molecule has 2 aliphatic rings. The predicted octanol–water partition coefficient (Wildman–Crippen LogP) is 6.62. The standard InChI is InChI=1S/C23H35F2N/c1-15-7-9-16(10-8-15)18-11-12-19(21(25)20(18)24)17-13-22(2,3)26(6)23(4,5)14-17/h11-12,15-17H,7-10,13-14H2,1-6H3. The zero-order chi connectivity index (χ0) is 19.3. The lowest BCUT2D eigenvalue weighted by Gasteiger charge is -2.54. The van der Waals surface area contributed by atoms with E-state index in [1.165, 1.54) is 0 Å². The van der Waals surface area contributed by atoms with Crippen molar-refractivity contribution in [3.05, 3.63) is 34.9 Å². The van der Waals surface area contributed by atoms with Crippen molar-refractivity contribution in [3.8, 4) is 0 Å². The number of benzene rings is 1. The first kappa shape index (κ1) is 19.8. The van der Waals surface area contributed by atoms with E-state index in [-0.39, 0.29) is 22.9 Å². The number of hydrogen-bond acceptors (Lipinski definition) is 1. The monoisotopic (exact) mass is 363 g/mol. The molecule has 1 aliphatic carbocycles. The van der Waals surface area contributed by atoms with Crippen molar-refractivity contribution in [2.24, 2.45) is 5.92 Å². The van der Waals surface area contributed by atoms with Gasteiger partial charge in [-0.1, -0.05) is 31.9 Å². The van der Waals surface area contributed by atoms with Gasteiger partial charge >= 0.3 is 0 Å². The Kier molecular flexibility index (Phi) is 5.24. The van der Waals surface area contributed by atoms with E-state index in [2.05, 4.69) is 46.6 Å². The van der Waals surface area contributed by atoms with Crippen LogP contribution in [-0.4, -0.2) is 23.0 Å². The van der Waals surface area contributed by atoms with Gasteiger partial charge in [0.05, 0.1) is 0 Å². The molecule has 0 unspecified atom stereocenters. The lowest BCUT2D eigenvalue weighted by molar-refractivity contribution is -0.0134. The number of piperidine rings is 1. The van der Waals surface area contributed by atoms with Gasteiger partial charge in [-0.2, -0.15) is 0 Å². The van der Waals surface area contributed by atoms with Crippen LogP contribution in [0.5, 0.6) is 0 Å². The first-order chi connectivity index (χ1) is 12.0. The largest absolute Gasteiger partial charge is 0.296 e. The highest BCUT2D eigenvalue weighted by Crippen LogP contribution is 2.46. The van der Waals surface area contributed by atoms with Crippen molar-refractivity contribution in [3.63, 3.8) is 0 Å². The van der Waals surface area contributed by atoms with Crippen LogP contribution in [0.15, 0.2) is 12.1 Å². The molecule has 0 spiro atoms. The van der Waals surface area contributed by atoms with E-state index >= 15 is 4.39 Å². The molecule has 0 atom stereocenters. The summed E-state index contributed by atoms with van der Waals surface area (Å²) in [6, 6.07) is 3.76. The Morgan fingerprint density at radius 1 is 0.808 bits per heavy atom.